The van der Waals surface area contributed by atoms with Crippen LogP contribution in [0.15, 0.2) is 12.1 Å². The summed E-state index contributed by atoms with van der Waals surface area (Å²) in [5.74, 6) is 2.09. The summed E-state index contributed by atoms with van der Waals surface area (Å²) in [7, 11) is 0. The van der Waals surface area contributed by atoms with Crippen molar-refractivity contribution in [1.82, 2.24) is 0 Å². The molecule has 0 unspecified atom stereocenters. The van der Waals surface area contributed by atoms with Crippen LogP contribution in [-0.4, -0.2) is 13.4 Å². The maximum atomic E-state index is 8.43. The second kappa shape index (κ2) is 5.41. The molecule has 2 N–H and O–H groups in total. The standard InChI is InChI=1S/C12H14N2O3/c13-3-1-2-4-15-10-6-12-11(16-8-17-12)5-9(10)7-14/h5-6H,1-2,4,7-8,14H2. The molecule has 1 aliphatic heterocycles. The predicted molar refractivity (Wildman–Crippen MR) is 60.8 cm³/mol. The van der Waals surface area contributed by atoms with Gasteiger partial charge in [0, 0.05) is 24.6 Å². The van der Waals surface area contributed by atoms with Crippen LogP contribution in [0.25, 0.3) is 0 Å². The van der Waals surface area contributed by atoms with Crippen LogP contribution < -0.4 is 19.9 Å². The van der Waals surface area contributed by atoms with Gasteiger partial charge in [-0.1, -0.05) is 0 Å². The van der Waals surface area contributed by atoms with Crippen LogP contribution in [0.4, 0.5) is 0 Å². The van der Waals surface area contributed by atoms with Crippen LogP contribution >= 0.6 is 0 Å². The lowest BCUT2D eigenvalue weighted by molar-refractivity contribution is 0.173. The van der Waals surface area contributed by atoms with Crippen molar-refractivity contribution < 1.29 is 14.2 Å². The molecule has 0 saturated heterocycles. The van der Waals surface area contributed by atoms with E-state index in [4.69, 9.17) is 25.2 Å². The van der Waals surface area contributed by atoms with Crippen molar-refractivity contribution in [1.29, 1.82) is 5.26 Å². The highest BCUT2D eigenvalue weighted by molar-refractivity contribution is 5.51. The molecule has 1 aromatic carbocycles. The fraction of sp³-hybridized carbons (Fsp3) is 0.417. The maximum Gasteiger partial charge on any atom is 0.231 e. The number of unbranched alkanes of at least 4 members (excludes halogenated alkanes) is 1. The highest BCUT2D eigenvalue weighted by atomic mass is 16.7. The molecule has 0 radical (unpaired) electrons. The third-order valence-electron chi connectivity index (χ3n) is 2.47. The van der Waals surface area contributed by atoms with Crippen LogP contribution in [0.3, 0.4) is 0 Å². The highest BCUT2D eigenvalue weighted by Gasteiger charge is 2.17. The minimum atomic E-state index is 0.233. The number of fused-ring (bicyclic) bond motifs is 1. The Labute approximate surface area is 99.7 Å². The molecule has 0 spiro atoms. The molecule has 17 heavy (non-hydrogen) atoms. The van der Waals surface area contributed by atoms with E-state index in [2.05, 4.69) is 6.07 Å². The summed E-state index contributed by atoms with van der Waals surface area (Å²) in [5.41, 5.74) is 6.53. The zero-order valence-electron chi connectivity index (χ0n) is 9.44. The Morgan fingerprint density at radius 3 is 2.82 bits per heavy atom. The quantitative estimate of drug-likeness (QED) is 0.782. The summed E-state index contributed by atoms with van der Waals surface area (Å²) >= 11 is 0. The Morgan fingerprint density at radius 2 is 2.12 bits per heavy atom. The number of benzene rings is 1. The number of hydrogen-bond acceptors (Lipinski definition) is 5. The van der Waals surface area contributed by atoms with E-state index in [-0.39, 0.29) is 6.79 Å². The first-order chi connectivity index (χ1) is 8.35. The molecule has 0 aliphatic carbocycles. The third kappa shape index (κ3) is 2.60. The molecule has 5 nitrogen and oxygen atoms in total. The molecular formula is C12H14N2O3. The Kier molecular flexibility index (Phi) is 3.68. The van der Waals surface area contributed by atoms with Crippen molar-refractivity contribution in [2.45, 2.75) is 19.4 Å². The van der Waals surface area contributed by atoms with E-state index < -0.39 is 0 Å². The van der Waals surface area contributed by atoms with Gasteiger partial charge in [0.05, 0.1) is 12.7 Å². The van der Waals surface area contributed by atoms with E-state index in [0.29, 0.717) is 43.2 Å². The fourth-order valence-corrected chi connectivity index (χ4v) is 1.59. The second-order valence-electron chi connectivity index (χ2n) is 3.63. The van der Waals surface area contributed by atoms with Gasteiger partial charge in [-0.05, 0) is 12.5 Å². The monoisotopic (exact) mass is 234 g/mol. The van der Waals surface area contributed by atoms with Gasteiger partial charge in [-0.15, -0.1) is 0 Å². The van der Waals surface area contributed by atoms with Crippen molar-refractivity contribution in [3.8, 4) is 23.3 Å². The molecule has 90 valence electrons. The first-order valence-electron chi connectivity index (χ1n) is 5.47. The van der Waals surface area contributed by atoms with E-state index in [0.717, 1.165) is 5.56 Å². The predicted octanol–water partition coefficient (Wildman–Crippen LogP) is 1.56. The Balaban J connectivity index is 2.07. The Morgan fingerprint density at radius 1 is 1.35 bits per heavy atom. The zero-order valence-corrected chi connectivity index (χ0v) is 9.44. The molecule has 1 aliphatic rings. The topological polar surface area (TPSA) is 77.5 Å². The van der Waals surface area contributed by atoms with Crippen LogP contribution in [0.1, 0.15) is 18.4 Å². The van der Waals surface area contributed by atoms with Crippen molar-refractivity contribution in [2.75, 3.05) is 13.4 Å². The highest BCUT2D eigenvalue weighted by Crippen LogP contribution is 2.38. The van der Waals surface area contributed by atoms with Gasteiger partial charge < -0.3 is 19.9 Å². The summed E-state index contributed by atoms with van der Waals surface area (Å²) in [6.07, 6.45) is 1.19. The second-order valence-corrected chi connectivity index (χ2v) is 3.63. The van der Waals surface area contributed by atoms with Gasteiger partial charge in [-0.25, -0.2) is 0 Å². The molecule has 0 atom stereocenters. The minimum absolute atomic E-state index is 0.233. The largest absolute Gasteiger partial charge is 0.493 e. The Bertz CT molecular complexity index is 440. The minimum Gasteiger partial charge on any atom is -0.493 e. The molecule has 0 saturated carbocycles. The van der Waals surface area contributed by atoms with Crippen LogP contribution in [0.2, 0.25) is 0 Å². The summed E-state index contributed by atoms with van der Waals surface area (Å²) in [4.78, 5) is 0. The number of ether oxygens (including phenoxy) is 3. The fourth-order valence-electron chi connectivity index (χ4n) is 1.59. The number of nitriles is 1. The molecule has 0 aromatic heterocycles. The molecule has 0 bridgehead atoms. The smallest absolute Gasteiger partial charge is 0.231 e. The van der Waals surface area contributed by atoms with Gasteiger partial charge in [-0.3, -0.25) is 0 Å². The van der Waals surface area contributed by atoms with Gasteiger partial charge in [0.15, 0.2) is 11.5 Å². The molecule has 5 heteroatoms. The van der Waals surface area contributed by atoms with Gasteiger partial charge >= 0.3 is 0 Å². The lowest BCUT2D eigenvalue weighted by Crippen LogP contribution is -2.03. The third-order valence-corrected chi connectivity index (χ3v) is 2.47. The lowest BCUT2D eigenvalue weighted by Gasteiger charge is -2.10. The van der Waals surface area contributed by atoms with Crippen molar-refractivity contribution >= 4 is 0 Å². The molecule has 1 heterocycles. The number of hydrogen-bond donors (Lipinski definition) is 1. The average molecular weight is 234 g/mol. The van der Waals surface area contributed by atoms with E-state index in [1.807, 2.05) is 6.07 Å². The van der Waals surface area contributed by atoms with E-state index in [1.54, 1.807) is 6.07 Å². The van der Waals surface area contributed by atoms with Gasteiger partial charge in [0.25, 0.3) is 0 Å². The first-order valence-corrected chi connectivity index (χ1v) is 5.47. The number of rotatable bonds is 5. The van der Waals surface area contributed by atoms with E-state index >= 15 is 0 Å². The summed E-state index contributed by atoms with van der Waals surface area (Å²) in [6, 6.07) is 5.70. The van der Waals surface area contributed by atoms with Crippen LogP contribution in [0.5, 0.6) is 17.2 Å². The van der Waals surface area contributed by atoms with Crippen molar-refractivity contribution in [3.63, 3.8) is 0 Å². The SMILES string of the molecule is N#CCCCOc1cc2c(cc1CN)OCO2. The van der Waals surface area contributed by atoms with Crippen molar-refractivity contribution in [3.05, 3.63) is 17.7 Å². The van der Waals surface area contributed by atoms with Crippen LogP contribution in [-0.2, 0) is 6.54 Å². The maximum absolute atomic E-state index is 8.43. The van der Waals surface area contributed by atoms with Crippen molar-refractivity contribution in [2.24, 2.45) is 5.73 Å². The molecule has 0 fully saturated rings. The normalized spacial score (nSPS) is 12.2. The summed E-state index contributed by atoms with van der Waals surface area (Å²) in [6.45, 7) is 1.11. The zero-order chi connectivity index (χ0) is 12.1. The van der Waals surface area contributed by atoms with E-state index in [9.17, 15) is 0 Å². The van der Waals surface area contributed by atoms with Gasteiger partial charge in [0.2, 0.25) is 6.79 Å². The first kappa shape index (κ1) is 11.6. The van der Waals surface area contributed by atoms with Crippen LogP contribution in [0, 0.1) is 11.3 Å². The van der Waals surface area contributed by atoms with E-state index in [1.165, 1.54) is 0 Å². The number of nitrogens with zero attached hydrogens (tertiary/aromatic N) is 1. The van der Waals surface area contributed by atoms with Gasteiger partial charge in [0.1, 0.15) is 5.75 Å². The molecule has 2 rings (SSSR count). The molecule has 0 amide bonds. The molecular weight excluding hydrogens is 220 g/mol. The Hall–Kier alpha value is -1.93. The van der Waals surface area contributed by atoms with Gasteiger partial charge in [-0.2, -0.15) is 5.26 Å². The summed E-state index contributed by atoms with van der Waals surface area (Å²) in [5, 5.41) is 8.43. The average Bonchev–Trinajstić information content (AvgIpc) is 2.80. The number of nitrogens with two attached hydrogens (primary N) is 1. The lowest BCUT2D eigenvalue weighted by atomic mass is 10.2. The summed E-state index contributed by atoms with van der Waals surface area (Å²) < 4.78 is 16.1. The molecule has 1 aromatic rings.